The van der Waals surface area contributed by atoms with Gasteiger partial charge in [0.15, 0.2) is 8.80 Å². The van der Waals surface area contributed by atoms with E-state index < -0.39 is 8.80 Å². The summed E-state index contributed by atoms with van der Waals surface area (Å²) >= 11 is 6.55. The summed E-state index contributed by atoms with van der Waals surface area (Å²) in [6.07, 6.45) is 0. The smallest absolute Gasteiger partial charge is 0.0845 e. The SMILES string of the molecule is Cc1ccccc1[Si](c1ccccc1C)c1ccccc1Cl. The Balaban J connectivity index is 2.27. The Morgan fingerprint density at radius 2 is 1.00 bits per heavy atom. The first kappa shape index (κ1) is 15.1. The molecule has 3 aromatic rings. The van der Waals surface area contributed by atoms with Gasteiger partial charge in [0.1, 0.15) is 0 Å². The van der Waals surface area contributed by atoms with Crippen LogP contribution in [0.3, 0.4) is 0 Å². The number of aryl methyl sites for hydroxylation is 2. The van der Waals surface area contributed by atoms with Gasteiger partial charge in [-0.05, 0) is 35.5 Å². The molecule has 0 unspecified atom stereocenters. The molecular weight excluding hydrogens is 304 g/mol. The maximum Gasteiger partial charge on any atom is 0.157 e. The van der Waals surface area contributed by atoms with Crippen LogP contribution in [0, 0.1) is 13.8 Å². The fraction of sp³-hybridized carbons (Fsp3) is 0.100. The van der Waals surface area contributed by atoms with Crippen molar-refractivity contribution in [3.8, 4) is 0 Å². The minimum atomic E-state index is -1.10. The molecule has 1 radical (unpaired) electrons. The van der Waals surface area contributed by atoms with Gasteiger partial charge in [0.05, 0.1) is 0 Å². The highest BCUT2D eigenvalue weighted by Crippen LogP contribution is 2.09. The van der Waals surface area contributed by atoms with Crippen molar-refractivity contribution in [3.63, 3.8) is 0 Å². The van der Waals surface area contributed by atoms with Crippen LogP contribution in [0.15, 0.2) is 72.8 Å². The molecule has 0 saturated carbocycles. The molecule has 3 rings (SSSR count). The van der Waals surface area contributed by atoms with Crippen LogP contribution in [0.25, 0.3) is 0 Å². The van der Waals surface area contributed by atoms with Crippen molar-refractivity contribution < 1.29 is 0 Å². The fourth-order valence-corrected chi connectivity index (χ4v) is 6.16. The van der Waals surface area contributed by atoms with Crippen LogP contribution < -0.4 is 15.6 Å². The molecule has 109 valence electrons. The number of halogens is 1. The fourth-order valence-electron chi connectivity index (χ4n) is 2.81. The minimum absolute atomic E-state index is 0.864. The molecule has 0 atom stereocenters. The predicted octanol–water partition coefficient (Wildman–Crippen LogP) is 3.47. The lowest BCUT2D eigenvalue weighted by Crippen LogP contribution is -2.54. The largest absolute Gasteiger partial charge is 0.157 e. The third-order valence-electron chi connectivity index (χ3n) is 3.97. The Labute approximate surface area is 139 Å². The standard InChI is InChI=1S/C20H18ClSi/c1-15-9-3-6-12-18(15)22(19-13-7-4-10-16(19)2)20-14-8-5-11-17(20)21/h3-14H,1-2H3. The highest BCUT2D eigenvalue weighted by atomic mass is 35.5. The van der Waals surface area contributed by atoms with Gasteiger partial charge in [0.25, 0.3) is 0 Å². The van der Waals surface area contributed by atoms with E-state index in [1.165, 1.54) is 26.7 Å². The lowest BCUT2D eigenvalue weighted by Gasteiger charge is -2.21. The molecule has 22 heavy (non-hydrogen) atoms. The Morgan fingerprint density at radius 1 is 0.591 bits per heavy atom. The van der Waals surface area contributed by atoms with Crippen LogP contribution in [0.4, 0.5) is 0 Å². The van der Waals surface area contributed by atoms with Gasteiger partial charge < -0.3 is 0 Å². The van der Waals surface area contributed by atoms with Crippen molar-refractivity contribution in [2.75, 3.05) is 0 Å². The number of rotatable bonds is 3. The maximum absolute atomic E-state index is 6.55. The van der Waals surface area contributed by atoms with E-state index >= 15 is 0 Å². The van der Waals surface area contributed by atoms with Gasteiger partial charge in [-0.1, -0.05) is 89.5 Å². The zero-order valence-electron chi connectivity index (χ0n) is 12.8. The first-order chi connectivity index (χ1) is 10.7. The average Bonchev–Trinajstić information content (AvgIpc) is 2.53. The number of hydrogen-bond donors (Lipinski definition) is 0. The Morgan fingerprint density at radius 3 is 1.45 bits per heavy atom. The molecular formula is C20H18ClSi. The maximum atomic E-state index is 6.55. The van der Waals surface area contributed by atoms with Crippen LogP contribution in [0.2, 0.25) is 5.02 Å². The second-order valence-corrected chi connectivity index (χ2v) is 8.26. The second kappa shape index (κ2) is 6.51. The summed E-state index contributed by atoms with van der Waals surface area (Å²) in [5.74, 6) is 0. The molecule has 0 bridgehead atoms. The lowest BCUT2D eigenvalue weighted by atomic mass is 10.2. The number of benzene rings is 3. The molecule has 3 aromatic carbocycles. The molecule has 0 fully saturated rings. The second-order valence-electron chi connectivity index (χ2n) is 5.48. The lowest BCUT2D eigenvalue weighted by molar-refractivity contribution is 1.49. The van der Waals surface area contributed by atoms with Gasteiger partial charge in [-0.15, -0.1) is 0 Å². The van der Waals surface area contributed by atoms with E-state index in [9.17, 15) is 0 Å². The quantitative estimate of drug-likeness (QED) is 0.512. The zero-order chi connectivity index (χ0) is 15.5. The van der Waals surface area contributed by atoms with Crippen LogP contribution in [-0.4, -0.2) is 8.80 Å². The van der Waals surface area contributed by atoms with Crippen LogP contribution in [-0.2, 0) is 0 Å². The normalized spacial score (nSPS) is 10.9. The topological polar surface area (TPSA) is 0 Å². The van der Waals surface area contributed by atoms with E-state index in [0.29, 0.717) is 0 Å². The van der Waals surface area contributed by atoms with E-state index in [4.69, 9.17) is 11.6 Å². The summed E-state index contributed by atoms with van der Waals surface area (Å²) in [7, 11) is -1.10. The zero-order valence-corrected chi connectivity index (χ0v) is 14.6. The minimum Gasteiger partial charge on any atom is -0.0845 e. The highest BCUT2D eigenvalue weighted by Gasteiger charge is 2.24. The molecule has 0 aliphatic heterocycles. The van der Waals surface area contributed by atoms with E-state index in [-0.39, 0.29) is 0 Å². The van der Waals surface area contributed by atoms with Gasteiger partial charge >= 0.3 is 0 Å². The van der Waals surface area contributed by atoms with Crippen LogP contribution in [0.5, 0.6) is 0 Å². The molecule has 0 aliphatic carbocycles. The molecule has 0 N–H and O–H groups in total. The average molecular weight is 322 g/mol. The summed E-state index contributed by atoms with van der Waals surface area (Å²) in [4.78, 5) is 0. The highest BCUT2D eigenvalue weighted by molar-refractivity contribution is 6.97. The van der Waals surface area contributed by atoms with Gasteiger partial charge in [0.2, 0.25) is 0 Å². The molecule has 0 aromatic heterocycles. The predicted molar refractivity (Wildman–Crippen MR) is 98.5 cm³/mol. The van der Waals surface area contributed by atoms with E-state index in [1.807, 2.05) is 12.1 Å². The van der Waals surface area contributed by atoms with Crippen LogP contribution in [0.1, 0.15) is 11.1 Å². The van der Waals surface area contributed by atoms with Crippen molar-refractivity contribution in [3.05, 3.63) is 88.9 Å². The third-order valence-corrected chi connectivity index (χ3v) is 7.63. The molecule has 0 aliphatic rings. The summed E-state index contributed by atoms with van der Waals surface area (Å²) in [6.45, 7) is 4.38. The summed E-state index contributed by atoms with van der Waals surface area (Å²) < 4.78 is 0. The summed E-state index contributed by atoms with van der Waals surface area (Å²) in [6, 6.07) is 25.6. The summed E-state index contributed by atoms with van der Waals surface area (Å²) in [5.41, 5.74) is 2.67. The van der Waals surface area contributed by atoms with E-state index in [0.717, 1.165) is 5.02 Å². The molecule has 0 amide bonds. The molecule has 2 heteroatoms. The van der Waals surface area contributed by atoms with Crippen molar-refractivity contribution in [1.29, 1.82) is 0 Å². The molecule has 0 nitrogen and oxygen atoms in total. The molecule has 0 saturated heterocycles. The molecule has 0 spiro atoms. The van der Waals surface area contributed by atoms with Crippen molar-refractivity contribution in [2.24, 2.45) is 0 Å². The third kappa shape index (κ3) is 2.87. The van der Waals surface area contributed by atoms with Crippen molar-refractivity contribution in [1.82, 2.24) is 0 Å². The monoisotopic (exact) mass is 321 g/mol. The van der Waals surface area contributed by atoms with Gasteiger partial charge in [0, 0.05) is 5.02 Å². The van der Waals surface area contributed by atoms with Gasteiger partial charge in [-0.25, -0.2) is 0 Å². The van der Waals surface area contributed by atoms with E-state index in [2.05, 4.69) is 74.5 Å². The molecule has 0 heterocycles. The summed E-state index contributed by atoms with van der Waals surface area (Å²) in [5, 5.41) is 4.95. The van der Waals surface area contributed by atoms with E-state index in [1.54, 1.807) is 0 Å². The van der Waals surface area contributed by atoms with Crippen molar-refractivity contribution >= 4 is 36.0 Å². The van der Waals surface area contributed by atoms with Crippen LogP contribution >= 0.6 is 11.6 Å². The first-order valence-electron chi connectivity index (χ1n) is 7.42. The Hall–Kier alpha value is -1.83. The Kier molecular flexibility index (Phi) is 4.46. The first-order valence-corrected chi connectivity index (χ1v) is 9.30. The van der Waals surface area contributed by atoms with Crippen molar-refractivity contribution in [2.45, 2.75) is 13.8 Å². The van der Waals surface area contributed by atoms with Gasteiger partial charge in [-0.2, -0.15) is 0 Å². The Bertz CT molecular complexity index is 687. The van der Waals surface area contributed by atoms with Gasteiger partial charge in [-0.3, -0.25) is 0 Å². The number of hydrogen-bond acceptors (Lipinski definition) is 0.